The van der Waals surface area contributed by atoms with E-state index in [4.69, 9.17) is 23.8 Å². The number of carbonyl (C=O) groups is 1. The first-order valence-corrected chi connectivity index (χ1v) is 12.9. The third-order valence-corrected chi connectivity index (χ3v) is 6.98. The van der Waals surface area contributed by atoms with Crippen molar-refractivity contribution >= 4 is 46.2 Å². The second-order valence-electron chi connectivity index (χ2n) is 9.23. The van der Waals surface area contributed by atoms with Crippen LogP contribution < -0.4 is 15.5 Å². The number of hydrogen-bond acceptors (Lipinski definition) is 4. The zero-order valence-corrected chi connectivity index (χ0v) is 22.1. The lowest BCUT2D eigenvalue weighted by molar-refractivity contribution is -0.118. The molecule has 37 heavy (non-hydrogen) atoms. The lowest BCUT2D eigenvalue weighted by Gasteiger charge is -2.29. The van der Waals surface area contributed by atoms with Crippen molar-refractivity contribution < 1.29 is 4.79 Å². The Bertz CT molecular complexity index is 1410. The second kappa shape index (κ2) is 10.7. The number of hydrogen-bond donors (Lipinski definition) is 2. The van der Waals surface area contributed by atoms with Crippen molar-refractivity contribution in [1.82, 2.24) is 19.9 Å². The highest BCUT2D eigenvalue weighted by molar-refractivity contribution is 7.80. The van der Waals surface area contributed by atoms with Gasteiger partial charge in [0.15, 0.2) is 5.11 Å². The van der Waals surface area contributed by atoms with E-state index in [1.165, 1.54) is 0 Å². The normalized spacial score (nSPS) is 17.2. The molecular formula is C28H27ClN6OS. The molecule has 4 aromatic rings. The van der Waals surface area contributed by atoms with Crippen LogP contribution in [0.4, 0.5) is 11.4 Å². The van der Waals surface area contributed by atoms with Crippen molar-refractivity contribution in [2.24, 2.45) is 5.92 Å². The predicted octanol–water partition coefficient (Wildman–Crippen LogP) is 5.75. The van der Waals surface area contributed by atoms with Crippen molar-refractivity contribution in [2.45, 2.75) is 32.5 Å². The maximum Gasteiger partial charge on any atom is 0.226 e. The van der Waals surface area contributed by atoms with Crippen LogP contribution in [-0.4, -0.2) is 25.6 Å². The van der Waals surface area contributed by atoms with Gasteiger partial charge in [-0.05, 0) is 66.3 Å². The molecular weight excluding hydrogens is 504 g/mol. The van der Waals surface area contributed by atoms with E-state index in [0.717, 1.165) is 22.6 Å². The first-order chi connectivity index (χ1) is 17.9. The topological polar surface area (TPSA) is 75.1 Å². The molecule has 5 rings (SSSR count). The van der Waals surface area contributed by atoms with Crippen molar-refractivity contribution in [2.75, 3.05) is 10.2 Å². The Labute approximate surface area is 226 Å². The van der Waals surface area contributed by atoms with Gasteiger partial charge in [0.1, 0.15) is 6.04 Å². The number of anilines is 2. The van der Waals surface area contributed by atoms with Gasteiger partial charge in [-0.15, -0.1) is 0 Å². The van der Waals surface area contributed by atoms with Gasteiger partial charge in [0.25, 0.3) is 0 Å². The minimum Gasteiger partial charge on any atom is -0.351 e. The summed E-state index contributed by atoms with van der Waals surface area (Å²) in [7, 11) is 0. The molecule has 7 nitrogen and oxygen atoms in total. The van der Waals surface area contributed by atoms with Crippen molar-refractivity contribution in [3.63, 3.8) is 0 Å². The minimum atomic E-state index is -0.193. The molecule has 3 aromatic heterocycles. The standard InChI is InChI=1S/C28H27ClN6OS/c1-18(2)27(36)32-22-11-10-20(15-21(22)29)35-26(25(33-28(35)37)23-8-3-4-13-31-23)24-9-6-14-34(24)17-19-7-5-12-30-16-19/h3-16,18,25-26H,17H2,1-2H3,(H,32,36)(H,33,37)/t25-,26-/m1/s1. The summed E-state index contributed by atoms with van der Waals surface area (Å²) in [6.45, 7) is 4.35. The zero-order valence-electron chi connectivity index (χ0n) is 20.5. The van der Waals surface area contributed by atoms with Gasteiger partial charge in [-0.2, -0.15) is 0 Å². The van der Waals surface area contributed by atoms with Crippen molar-refractivity contribution in [1.29, 1.82) is 0 Å². The molecule has 0 aliphatic carbocycles. The number of thiocarbonyl (C=S) groups is 1. The van der Waals surface area contributed by atoms with E-state index >= 15 is 0 Å². The molecule has 1 saturated heterocycles. The fourth-order valence-electron chi connectivity index (χ4n) is 4.49. The first-order valence-electron chi connectivity index (χ1n) is 12.1. The number of benzene rings is 1. The van der Waals surface area contributed by atoms with Crippen molar-refractivity contribution in [3.05, 3.63) is 107 Å². The molecule has 2 N–H and O–H groups in total. The van der Waals surface area contributed by atoms with Crippen LogP contribution in [0, 0.1) is 5.92 Å². The third kappa shape index (κ3) is 5.21. The molecule has 1 aliphatic heterocycles. The van der Waals surface area contributed by atoms with Crippen LogP contribution in [0.25, 0.3) is 0 Å². The average molecular weight is 531 g/mol. The Balaban J connectivity index is 1.55. The molecule has 0 spiro atoms. The van der Waals surface area contributed by atoms with Crippen LogP contribution in [0.2, 0.25) is 5.02 Å². The first kappa shape index (κ1) is 24.9. The number of pyridine rings is 2. The van der Waals surface area contributed by atoms with Gasteiger partial charge >= 0.3 is 0 Å². The van der Waals surface area contributed by atoms with E-state index in [-0.39, 0.29) is 23.9 Å². The van der Waals surface area contributed by atoms with Gasteiger partial charge in [0, 0.05) is 48.6 Å². The predicted molar refractivity (Wildman–Crippen MR) is 151 cm³/mol. The molecule has 4 heterocycles. The highest BCUT2D eigenvalue weighted by Gasteiger charge is 2.42. The third-order valence-electron chi connectivity index (χ3n) is 6.35. The van der Waals surface area contributed by atoms with Crippen LogP contribution in [0.3, 0.4) is 0 Å². The molecule has 0 saturated carbocycles. The Morgan fingerprint density at radius 1 is 1.14 bits per heavy atom. The quantitative estimate of drug-likeness (QED) is 0.296. The maximum atomic E-state index is 12.2. The summed E-state index contributed by atoms with van der Waals surface area (Å²) in [6.07, 6.45) is 7.50. The minimum absolute atomic E-state index is 0.0886. The second-order valence-corrected chi connectivity index (χ2v) is 10.0. The monoisotopic (exact) mass is 530 g/mol. The summed E-state index contributed by atoms with van der Waals surface area (Å²) in [5.74, 6) is -0.239. The summed E-state index contributed by atoms with van der Waals surface area (Å²) < 4.78 is 2.21. The molecule has 1 aromatic carbocycles. The fraction of sp³-hybridized carbons (Fsp3) is 0.214. The number of nitrogens with zero attached hydrogens (tertiary/aromatic N) is 4. The molecule has 0 unspecified atom stereocenters. The Kier molecular flexibility index (Phi) is 7.21. The highest BCUT2D eigenvalue weighted by atomic mass is 35.5. The molecule has 0 bridgehead atoms. The average Bonchev–Trinajstić information content (AvgIpc) is 3.49. The molecule has 1 amide bonds. The Morgan fingerprint density at radius 2 is 2.00 bits per heavy atom. The van der Waals surface area contributed by atoms with E-state index in [0.29, 0.717) is 22.4 Å². The van der Waals surface area contributed by atoms with Gasteiger partial charge in [-0.3, -0.25) is 14.8 Å². The van der Waals surface area contributed by atoms with Crippen LogP contribution >= 0.6 is 23.8 Å². The summed E-state index contributed by atoms with van der Waals surface area (Å²) >= 11 is 12.5. The van der Waals surface area contributed by atoms with Crippen LogP contribution in [0.1, 0.15) is 42.9 Å². The Hall–Kier alpha value is -3.75. The smallest absolute Gasteiger partial charge is 0.226 e. The van der Waals surface area contributed by atoms with Crippen LogP contribution in [-0.2, 0) is 11.3 Å². The van der Waals surface area contributed by atoms with Crippen molar-refractivity contribution in [3.8, 4) is 0 Å². The molecule has 0 radical (unpaired) electrons. The number of aromatic nitrogens is 3. The van der Waals surface area contributed by atoms with E-state index < -0.39 is 0 Å². The Morgan fingerprint density at radius 3 is 2.70 bits per heavy atom. The highest BCUT2D eigenvalue weighted by Crippen LogP contribution is 2.43. The number of carbonyl (C=O) groups excluding carboxylic acids is 1. The lowest BCUT2D eigenvalue weighted by atomic mass is 10.0. The largest absolute Gasteiger partial charge is 0.351 e. The molecule has 1 fully saturated rings. The number of amides is 1. The molecule has 188 valence electrons. The summed E-state index contributed by atoms with van der Waals surface area (Å²) in [6, 6.07) is 19.2. The van der Waals surface area contributed by atoms with Gasteiger partial charge in [0.2, 0.25) is 5.91 Å². The lowest BCUT2D eigenvalue weighted by Crippen LogP contribution is -2.30. The fourth-order valence-corrected chi connectivity index (χ4v) is 5.06. The molecule has 1 aliphatic rings. The molecule has 9 heteroatoms. The van der Waals surface area contributed by atoms with Gasteiger partial charge in [-0.25, -0.2) is 0 Å². The van der Waals surface area contributed by atoms with E-state index in [1.54, 1.807) is 12.4 Å². The van der Waals surface area contributed by atoms with Gasteiger partial charge < -0.3 is 20.1 Å². The van der Waals surface area contributed by atoms with Crippen LogP contribution in [0.15, 0.2) is 85.5 Å². The SMILES string of the molecule is CC(C)C(=O)Nc1ccc(N2C(=S)N[C@H](c3ccccn3)[C@H]2c2cccn2Cc2cccnc2)cc1Cl. The summed E-state index contributed by atoms with van der Waals surface area (Å²) in [5.41, 5.74) is 4.45. The van der Waals surface area contributed by atoms with E-state index in [9.17, 15) is 4.79 Å². The summed E-state index contributed by atoms with van der Waals surface area (Å²) in [5, 5.41) is 7.39. The van der Waals surface area contributed by atoms with E-state index in [2.05, 4.69) is 48.4 Å². The van der Waals surface area contributed by atoms with Gasteiger partial charge in [0.05, 0.1) is 22.4 Å². The number of halogens is 1. The maximum absolute atomic E-state index is 12.2. The summed E-state index contributed by atoms with van der Waals surface area (Å²) in [4.78, 5) is 23.2. The van der Waals surface area contributed by atoms with Gasteiger partial charge in [-0.1, -0.05) is 37.6 Å². The number of rotatable bonds is 7. The molecule has 2 atom stereocenters. The number of nitrogens with one attached hydrogen (secondary N) is 2. The van der Waals surface area contributed by atoms with E-state index in [1.807, 2.05) is 68.6 Å². The zero-order chi connectivity index (χ0) is 25.9. The van der Waals surface area contributed by atoms with Crippen LogP contribution in [0.5, 0.6) is 0 Å².